The maximum atomic E-state index is 9.32. The molecule has 0 aliphatic heterocycles. The maximum Gasteiger partial charge on any atom is 0.162 e. The highest BCUT2D eigenvalue weighted by molar-refractivity contribution is 9.10. The molecule has 0 aliphatic carbocycles. The van der Waals surface area contributed by atoms with Crippen molar-refractivity contribution in [2.75, 3.05) is 13.7 Å². The van der Waals surface area contributed by atoms with E-state index < -0.39 is 0 Å². The topological polar surface area (TPSA) is 50.7 Å². The van der Waals surface area contributed by atoms with Gasteiger partial charge in [0, 0.05) is 28.1 Å². The van der Waals surface area contributed by atoms with Crippen molar-refractivity contribution < 1.29 is 14.6 Å². The first kappa shape index (κ1) is 19.1. The molecule has 0 aliphatic rings. The van der Waals surface area contributed by atoms with Gasteiger partial charge in [0.2, 0.25) is 0 Å². The summed E-state index contributed by atoms with van der Waals surface area (Å²) in [5.41, 5.74) is 1.94. The molecule has 2 aromatic carbocycles. The molecule has 2 rings (SSSR count). The highest BCUT2D eigenvalue weighted by Crippen LogP contribution is 2.34. The molecule has 4 nitrogen and oxygen atoms in total. The van der Waals surface area contributed by atoms with Crippen molar-refractivity contribution in [2.45, 2.75) is 26.2 Å². The Balaban J connectivity index is 2.10. The number of halogens is 2. The number of rotatable bonds is 8. The summed E-state index contributed by atoms with van der Waals surface area (Å²) in [5, 5.41) is 13.2. The number of hydrogen-bond donors (Lipinski definition) is 2. The smallest absolute Gasteiger partial charge is 0.162 e. The lowest BCUT2D eigenvalue weighted by Gasteiger charge is -2.15. The van der Waals surface area contributed by atoms with Crippen LogP contribution in [0.25, 0.3) is 0 Å². The second kappa shape index (κ2) is 9.28. The van der Waals surface area contributed by atoms with Gasteiger partial charge in [0.05, 0.1) is 13.2 Å². The maximum absolute atomic E-state index is 9.32. The molecule has 0 heterocycles. The first-order valence-electron chi connectivity index (χ1n) is 7.62. The lowest BCUT2D eigenvalue weighted by Crippen LogP contribution is -2.24. The molecular weight excluding hydrogens is 394 g/mol. The molecule has 2 N–H and O–H groups in total. The highest BCUT2D eigenvalue weighted by atomic mass is 79.9. The van der Waals surface area contributed by atoms with E-state index in [1.54, 1.807) is 14.0 Å². The van der Waals surface area contributed by atoms with Crippen molar-refractivity contribution >= 4 is 27.5 Å². The van der Waals surface area contributed by atoms with Crippen molar-refractivity contribution in [2.24, 2.45) is 0 Å². The SMILES string of the molecule is COc1cc(CNCC(C)O)c(Br)cc1OCc1ccccc1Cl. The van der Waals surface area contributed by atoms with Gasteiger partial charge in [0.25, 0.3) is 0 Å². The van der Waals surface area contributed by atoms with Crippen LogP contribution in [0.5, 0.6) is 11.5 Å². The molecule has 6 heteroatoms. The predicted molar refractivity (Wildman–Crippen MR) is 99.9 cm³/mol. The van der Waals surface area contributed by atoms with Crippen molar-refractivity contribution in [1.29, 1.82) is 0 Å². The van der Waals surface area contributed by atoms with Crippen LogP contribution < -0.4 is 14.8 Å². The first-order chi connectivity index (χ1) is 11.5. The van der Waals surface area contributed by atoms with E-state index in [0.29, 0.717) is 36.2 Å². The second-order valence-electron chi connectivity index (χ2n) is 5.45. The molecule has 0 saturated heterocycles. The Labute approximate surface area is 155 Å². The number of benzene rings is 2. The van der Waals surface area contributed by atoms with Gasteiger partial charge in [-0.25, -0.2) is 0 Å². The largest absolute Gasteiger partial charge is 0.493 e. The number of ether oxygens (including phenoxy) is 2. The van der Waals surface area contributed by atoms with E-state index in [0.717, 1.165) is 15.6 Å². The summed E-state index contributed by atoms with van der Waals surface area (Å²) in [6, 6.07) is 11.4. The van der Waals surface area contributed by atoms with Crippen molar-refractivity contribution in [3.63, 3.8) is 0 Å². The van der Waals surface area contributed by atoms with Crippen LogP contribution in [0.2, 0.25) is 5.02 Å². The second-order valence-corrected chi connectivity index (χ2v) is 6.72. The molecule has 0 radical (unpaired) electrons. The van der Waals surface area contributed by atoms with Crippen LogP contribution in [0.3, 0.4) is 0 Å². The molecule has 130 valence electrons. The third-order valence-corrected chi connectivity index (χ3v) is 4.54. The fraction of sp³-hybridized carbons (Fsp3) is 0.333. The van der Waals surface area contributed by atoms with Gasteiger partial charge < -0.3 is 19.9 Å². The van der Waals surface area contributed by atoms with Crippen LogP contribution in [0.1, 0.15) is 18.1 Å². The van der Waals surface area contributed by atoms with Crippen molar-refractivity contribution in [1.82, 2.24) is 5.32 Å². The molecule has 0 spiro atoms. The summed E-state index contributed by atoms with van der Waals surface area (Å²) < 4.78 is 12.2. The predicted octanol–water partition coefficient (Wildman–Crippen LogP) is 4.16. The summed E-state index contributed by atoms with van der Waals surface area (Å²) >= 11 is 9.71. The van der Waals surface area contributed by atoms with Gasteiger partial charge in [-0.2, -0.15) is 0 Å². The average molecular weight is 415 g/mol. The van der Waals surface area contributed by atoms with Crippen LogP contribution in [-0.2, 0) is 13.2 Å². The minimum absolute atomic E-state index is 0.363. The number of aliphatic hydroxyl groups is 1. The Morgan fingerprint density at radius 2 is 1.96 bits per heavy atom. The van der Waals surface area contributed by atoms with Gasteiger partial charge in [-0.05, 0) is 30.7 Å². The average Bonchev–Trinajstić information content (AvgIpc) is 2.55. The third-order valence-electron chi connectivity index (χ3n) is 3.43. The van der Waals surface area contributed by atoms with Crippen molar-refractivity contribution in [3.05, 3.63) is 57.0 Å². The Bertz CT molecular complexity index is 679. The van der Waals surface area contributed by atoms with E-state index in [-0.39, 0.29) is 6.10 Å². The van der Waals surface area contributed by atoms with Crippen molar-refractivity contribution in [3.8, 4) is 11.5 Å². The van der Waals surface area contributed by atoms with Gasteiger partial charge >= 0.3 is 0 Å². The minimum atomic E-state index is -0.385. The molecule has 1 unspecified atom stereocenters. The van der Waals surface area contributed by atoms with Crippen LogP contribution >= 0.6 is 27.5 Å². The highest BCUT2D eigenvalue weighted by Gasteiger charge is 2.11. The van der Waals surface area contributed by atoms with Gasteiger partial charge in [-0.1, -0.05) is 45.7 Å². The standard InChI is InChI=1S/C18H21BrClNO3/c1-12(22)9-21-10-14-7-17(23-2)18(8-15(14)19)24-11-13-5-3-4-6-16(13)20/h3-8,12,21-22H,9-11H2,1-2H3. The lowest BCUT2D eigenvalue weighted by molar-refractivity contribution is 0.191. The lowest BCUT2D eigenvalue weighted by atomic mass is 10.2. The monoisotopic (exact) mass is 413 g/mol. The molecule has 0 saturated carbocycles. The zero-order valence-corrected chi connectivity index (χ0v) is 16.0. The van der Waals surface area contributed by atoms with Crippen LogP contribution in [0.15, 0.2) is 40.9 Å². The van der Waals surface area contributed by atoms with E-state index >= 15 is 0 Å². The van der Waals surface area contributed by atoms with E-state index in [1.807, 2.05) is 36.4 Å². The first-order valence-corrected chi connectivity index (χ1v) is 8.79. The number of methoxy groups -OCH3 is 1. The molecular formula is C18H21BrClNO3. The summed E-state index contributed by atoms with van der Waals surface area (Å²) in [6.45, 7) is 3.25. The molecule has 0 aromatic heterocycles. The van der Waals surface area contributed by atoms with E-state index in [9.17, 15) is 5.11 Å². The van der Waals surface area contributed by atoms with Gasteiger partial charge in [0.15, 0.2) is 11.5 Å². The molecule has 0 fully saturated rings. The summed E-state index contributed by atoms with van der Waals surface area (Å²) in [5.74, 6) is 1.29. The van der Waals surface area contributed by atoms with E-state index in [1.165, 1.54) is 0 Å². The Morgan fingerprint density at radius 3 is 2.62 bits per heavy atom. The van der Waals surface area contributed by atoms with Gasteiger partial charge in [-0.15, -0.1) is 0 Å². The molecule has 1 atom stereocenters. The zero-order chi connectivity index (χ0) is 17.5. The fourth-order valence-corrected chi connectivity index (χ4v) is 2.82. The quantitative estimate of drug-likeness (QED) is 0.681. The molecule has 0 bridgehead atoms. The Hall–Kier alpha value is -1.27. The Kier molecular flexibility index (Phi) is 7.37. The minimum Gasteiger partial charge on any atom is -0.493 e. The van der Waals surface area contributed by atoms with Crippen LogP contribution in [0.4, 0.5) is 0 Å². The fourth-order valence-electron chi connectivity index (χ4n) is 2.17. The van der Waals surface area contributed by atoms with Crippen LogP contribution in [-0.4, -0.2) is 24.9 Å². The summed E-state index contributed by atoms with van der Waals surface area (Å²) in [7, 11) is 1.61. The molecule has 24 heavy (non-hydrogen) atoms. The number of hydrogen-bond acceptors (Lipinski definition) is 4. The molecule has 0 amide bonds. The summed E-state index contributed by atoms with van der Waals surface area (Å²) in [6.07, 6.45) is -0.385. The van der Waals surface area contributed by atoms with E-state index in [2.05, 4.69) is 21.2 Å². The number of nitrogens with one attached hydrogen (secondary N) is 1. The third kappa shape index (κ3) is 5.38. The number of aliphatic hydroxyl groups excluding tert-OH is 1. The molecule has 2 aromatic rings. The van der Waals surface area contributed by atoms with Gasteiger partial charge in [0.1, 0.15) is 6.61 Å². The zero-order valence-electron chi connectivity index (χ0n) is 13.7. The normalized spacial score (nSPS) is 12.0. The van der Waals surface area contributed by atoms with E-state index in [4.69, 9.17) is 21.1 Å². The summed E-state index contributed by atoms with van der Waals surface area (Å²) in [4.78, 5) is 0. The van der Waals surface area contributed by atoms with Gasteiger partial charge in [-0.3, -0.25) is 0 Å². The van der Waals surface area contributed by atoms with Crippen LogP contribution in [0, 0.1) is 0 Å². The Morgan fingerprint density at radius 1 is 1.21 bits per heavy atom.